The third-order valence-corrected chi connectivity index (χ3v) is 5.29. The SMILES string of the molecule is Cc1c(Nc2ncc3cc(Cl)c(C4CCNCC4)cc3n2)cnn1C. The fourth-order valence-electron chi connectivity index (χ4n) is 3.32. The molecule has 1 fully saturated rings. The first-order valence-electron chi connectivity index (χ1n) is 8.54. The number of fused-ring (bicyclic) bond motifs is 1. The Balaban J connectivity index is 1.69. The summed E-state index contributed by atoms with van der Waals surface area (Å²) < 4.78 is 1.82. The molecular formula is C18H21ClN6. The summed E-state index contributed by atoms with van der Waals surface area (Å²) >= 11 is 6.53. The van der Waals surface area contributed by atoms with Gasteiger partial charge in [-0.3, -0.25) is 4.68 Å². The first kappa shape index (κ1) is 16.3. The van der Waals surface area contributed by atoms with E-state index in [4.69, 9.17) is 11.6 Å². The molecule has 7 heteroatoms. The summed E-state index contributed by atoms with van der Waals surface area (Å²) in [7, 11) is 1.91. The predicted octanol–water partition coefficient (Wildman–Crippen LogP) is 3.54. The molecule has 0 bridgehead atoms. The second kappa shape index (κ2) is 6.61. The van der Waals surface area contributed by atoms with Crippen molar-refractivity contribution in [3.63, 3.8) is 0 Å². The lowest BCUT2D eigenvalue weighted by Gasteiger charge is -2.24. The van der Waals surface area contributed by atoms with Crippen LogP contribution in [0.25, 0.3) is 10.9 Å². The van der Waals surface area contributed by atoms with Gasteiger partial charge in [0.1, 0.15) is 0 Å². The molecule has 0 spiro atoms. The van der Waals surface area contributed by atoms with Crippen LogP contribution in [0.5, 0.6) is 0 Å². The van der Waals surface area contributed by atoms with Crippen LogP contribution in [0.4, 0.5) is 11.6 Å². The van der Waals surface area contributed by atoms with E-state index in [0.717, 1.165) is 53.2 Å². The Morgan fingerprint density at radius 2 is 2.04 bits per heavy atom. The van der Waals surface area contributed by atoms with Crippen LogP contribution in [-0.4, -0.2) is 32.8 Å². The van der Waals surface area contributed by atoms with Crippen molar-refractivity contribution in [1.82, 2.24) is 25.1 Å². The number of piperidine rings is 1. The average Bonchev–Trinajstić information content (AvgIpc) is 2.94. The van der Waals surface area contributed by atoms with E-state index in [9.17, 15) is 0 Å². The van der Waals surface area contributed by atoms with Crippen molar-refractivity contribution in [2.75, 3.05) is 18.4 Å². The van der Waals surface area contributed by atoms with Crippen LogP contribution in [0.3, 0.4) is 0 Å². The lowest BCUT2D eigenvalue weighted by Crippen LogP contribution is -2.26. The van der Waals surface area contributed by atoms with Gasteiger partial charge >= 0.3 is 0 Å². The van der Waals surface area contributed by atoms with E-state index >= 15 is 0 Å². The number of aryl methyl sites for hydroxylation is 1. The smallest absolute Gasteiger partial charge is 0.227 e. The molecular weight excluding hydrogens is 336 g/mol. The van der Waals surface area contributed by atoms with Gasteiger partial charge in [0.2, 0.25) is 5.95 Å². The van der Waals surface area contributed by atoms with E-state index in [0.29, 0.717) is 11.9 Å². The van der Waals surface area contributed by atoms with Crippen LogP contribution in [0.2, 0.25) is 5.02 Å². The molecule has 0 radical (unpaired) electrons. The fourth-order valence-corrected chi connectivity index (χ4v) is 3.64. The molecule has 2 aromatic heterocycles. The first-order chi connectivity index (χ1) is 12.1. The highest BCUT2D eigenvalue weighted by atomic mass is 35.5. The van der Waals surface area contributed by atoms with Crippen molar-refractivity contribution >= 4 is 34.1 Å². The maximum Gasteiger partial charge on any atom is 0.227 e. The quantitative estimate of drug-likeness (QED) is 0.751. The van der Waals surface area contributed by atoms with Crippen molar-refractivity contribution in [1.29, 1.82) is 0 Å². The molecule has 0 saturated carbocycles. The molecule has 130 valence electrons. The molecule has 3 aromatic rings. The molecule has 3 heterocycles. The monoisotopic (exact) mass is 356 g/mol. The van der Waals surface area contributed by atoms with Gasteiger partial charge in [0.05, 0.1) is 23.1 Å². The van der Waals surface area contributed by atoms with Crippen LogP contribution < -0.4 is 10.6 Å². The standard InChI is InChI=1S/C18H21ClN6/c1-11-17(10-22-25(11)2)24-18-21-9-13-7-15(19)14(8-16(13)23-18)12-3-5-20-6-4-12/h7-10,12,20H,3-6H2,1-2H3,(H,21,23,24). The van der Waals surface area contributed by atoms with Crippen LogP contribution in [-0.2, 0) is 7.05 Å². The number of aromatic nitrogens is 4. The molecule has 4 rings (SSSR count). The van der Waals surface area contributed by atoms with E-state index in [-0.39, 0.29) is 0 Å². The normalized spacial score (nSPS) is 15.6. The molecule has 1 aliphatic heterocycles. The second-order valence-electron chi connectivity index (χ2n) is 6.54. The Hall–Kier alpha value is -2.18. The van der Waals surface area contributed by atoms with Gasteiger partial charge in [0.15, 0.2) is 0 Å². The van der Waals surface area contributed by atoms with Gasteiger partial charge in [-0.05, 0) is 56.5 Å². The maximum absolute atomic E-state index is 6.53. The minimum atomic E-state index is 0.491. The molecule has 1 aliphatic rings. The molecule has 2 N–H and O–H groups in total. The second-order valence-corrected chi connectivity index (χ2v) is 6.95. The molecule has 1 aromatic carbocycles. The lowest BCUT2D eigenvalue weighted by atomic mass is 9.89. The number of halogens is 1. The molecule has 0 aliphatic carbocycles. The largest absolute Gasteiger partial charge is 0.321 e. The Kier molecular flexibility index (Phi) is 4.31. The zero-order chi connectivity index (χ0) is 17.4. The number of nitrogens with zero attached hydrogens (tertiary/aromatic N) is 4. The summed E-state index contributed by atoms with van der Waals surface area (Å²) in [5, 5.41) is 12.7. The van der Waals surface area contributed by atoms with E-state index in [1.54, 1.807) is 6.20 Å². The summed E-state index contributed by atoms with van der Waals surface area (Å²) in [6.45, 7) is 4.08. The van der Waals surface area contributed by atoms with Gasteiger partial charge in [0, 0.05) is 23.7 Å². The van der Waals surface area contributed by atoms with Crippen LogP contribution in [0.15, 0.2) is 24.5 Å². The highest BCUT2D eigenvalue weighted by Crippen LogP contribution is 2.34. The molecule has 0 amide bonds. The van der Waals surface area contributed by atoms with Gasteiger partial charge in [-0.25, -0.2) is 9.97 Å². The molecule has 1 saturated heterocycles. The minimum Gasteiger partial charge on any atom is -0.321 e. The number of hydrogen-bond acceptors (Lipinski definition) is 5. The Bertz CT molecular complexity index is 913. The first-order valence-corrected chi connectivity index (χ1v) is 8.92. The van der Waals surface area contributed by atoms with Crippen molar-refractivity contribution in [2.45, 2.75) is 25.7 Å². The van der Waals surface area contributed by atoms with E-state index in [1.807, 2.05) is 30.9 Å². The summed E-state index contributed by atoms with van der Waals surface area (Å²) in [5.41, 5.74) is 4.06. The molecule has 0 unspecified atom stereocenters. The van der Waals surface area contributed by atoms with Gasteiger partial charge < -0.3 is 10.6 Å². The van der Waals surface area contributed by atoms with Gasteiger partial charge in [-0.15, -0.1) is 0 Å². The van der Waals surface area contributed by atoms with Gasteiger partial charge in [-0.1, -0.05) is 11.6 Å². The number of hydrogen-bond donors (Lipinski definition) is 2. The molecule has 6 nitrogen and oxygen atoms in total. The van der Waals surface area contributed by atoms with Crippen LogP contribution >= 0.6 is 11.6 Å². The summed E-state index contributed by atoms with van der Waals surface area (Å²) in [6.07, 6.45) is 5.81. The third-order valence-electron chi connectivity index (χ3n) is 4.96. The topological polar surface area (TPSA) is 67.7 Å². The van der Waals surface area contributed by atoms with Crippen molar-refractivity contribution < 1.29 is 0 Å². The van der Waals surface area contributed by atoms with Crippen LogP contribution in [0.1, 0.15) is 30.0 Å². The van der Waals surface area contributed by atoms with E-state index < -0.39 is 0 Å². The molecule has 0 atom stereocenters. The Morgan fingerprint density at radius 1 is 1.24 bits per heavy atom. The van der Waals surface area contributed by atoms with Gasteiger partial charge in [-0.2, -0.15) is 5.10 Å². The Morgan fingerprint density at radius 3 is 2.76 bits per heavy atom. The average molecular weight is 357 g/mol. The zero-order valence-corrected chi connectivity index (χ0v) is 15.1. The maximum atomic E-state index is 6.53. The van der Waals surface area contributed by atoms with Crippen LogP contribution in [0, 0.1) is 6.92 Å². The molecule has 25 heavy (non-hydrogen) atoms. The number of nitrogens with one attached hydrogen (secondary N) is 2. The highest BCUT2D eigenvalue weighted by Gasteiger charge is 2.19. The van der Waals surface area contributed by atoms with Crippen molar-refractivity contribution in [3.8, 4) is 0 Å². The summed E-state index contributed by atoms with van der Waals surface area (Å²) in [6, 6.07) is 4.10. The third kappa shape index (κ3) is 3.19. The van der Waals surface area contributed by atoms with Gasteiger partial charge in [0.25, 0.3) is 0 Å². The highest BCUT2D eigenvalue weighted by molar-refractivity contribution is 6.32. The zero-order valence-electron chi connectivity index (χ0n) is 14.4. The summed E-state index contributed by atoms with van der Waals surface area (Å²) in [4.78, 5) is 9.09. The van der Waals surface area contributed by atoms with E-state index in [1.165, 1.54) is 5.56 Å². The predicted molar refractivity (Wildman–Crippen MR) is 101 cm³/mol. The lowest BCUT2D eigenvalue weighted by molar-refractivity contribution is 0.461. The van der Waals surface area contributed by atoms with E-state index in [2.05, 4.69) is 31.8 Å². The fraction of sp³-hybridized carbons (Fsp3) is 0.389. The number of anilines is 2. The Labute approximate surface area is 151 Å². The minimum absolute atomic E-state index is 0.491. The number of rotatable bonds is 3. The van der Waals surface area contributed by atoms with Crippen molar-refractivity contribution in [2.24, 2.45) is 7.05 Å². The van der Waals surface area contributed by atoms with Crippen molar-refractivity contribution in [3.05, 3.63) is 40.8 Å². The summed E-state index contributed by atoms with van der Waals surface area (Å²) in [5.74, 6) is 1.06. The number of benzene rings is 1.